The van der Waals surface area contributed by atoms with Crippen molar-refractivity contribution in [2.75, 3.05) is 0 Å². The van der Waals surface area contributed by atoms with Crippen molar-refractivity contribution in [1.82, 2.24) is 9.55 Å². The van der Waals surface area contributed by atoms with Crippen molar-refractivity contribution in [1.29, 1.82) is 0 Å². The van der Waals surface area contributed by atoms with Gasteiger partial charge in [-0.3, -0.25) is 0 Å². The number of carbonyl (C=O) groups is 1. The van der Waals surface area contributed by atoms with Crippen LogP contribution in [0, 0.1) is 18.7 Å². The Morgan fingerprint density at radius 2 is 2.00 bits per heavy atom. The van der Waals surface area contributed by atoms with Crippen LogP contribution >= 0.6 is 11.6 Å². The summed E-state index contributed by atoms with van der Waals surface area (Å²) in [6, 6.07) is 7.75. The third-order valence-corrected chi connectivity index (χ3v) is 4.44. The molecule has 0 atom stereocenters. The molecule has 0 aliphatic rings. The molecular formula is C19H17ClFLiN2O2. The zero-order valence-electron chi connectivity index (χ0n) is 15.1. The second-order valence-electron chi connectivity index (χ2n) is 6.45. The van der Waals surface area contributed by atoms with Gasteiger partial charge in [-0.2, -0.15) is 0 Å². The molecule has 0 amide bonds. The molecule has 0 saturated heterocycles. The monoisotopic (exact) mass is 366 g/mol. The summed E-state index contributed by atoms with van der Waals surface area (Å²) in [6.07, 6.45) is 0. The SMILES string of the molecule is Cc1c(-c2ccc(Cl)c(F)c2)c2ccc(C(=O)[O-])nc2n1CC(C)C.[Li+]. The number of aromatic nitrogens is 2. The van der Waals surface area contributed by atoms with Gasteiger partial charge >= 0.3 is 18.9 Å². The van der Waals surface area contributed by atoms with E-state index in [1.807, 2.05) is 11.5 Å². The number of carbonyl (C=O) groups excluding carboxylic acids is 1. The molecule has 26 heavy (non-hydrogen) atoms. The summed E-state index contributed by atoms with van der Waals surface area (Å²) in [7, 11) is 0. The van der Waals surface area contributed by atoms with Gasteiger partial charge in [0.15, 0.2) is 0 Å². The Morgan fingerprint density at radius 3 is 2.58 bits per heavy atom. The Bertz CT molecular complexity index is 985. The fraction of sp³-hybridized carbons (Fsp3) is 0.263. The summed E-state index contributed by atoms with van der Waals surface area (Å²) < 4.78 is 15.9. The molecule has 0 unspecified atom stereocenters. The Kier molecular flexibility index (Phi) is 6.18. The molecular weight excluding hydrogens is 350 g/mol. The van der Waals surface area contributed by atoms with E-state index in [0.29, 0.717) is 23.7 Å². The van der Waals surface area contributed by atoms with Gasteiger partial charge in [0.05, 0.1) is 16.7 Å². The number of rotatable bonds is 4. The van der Waals surface area contributed by atoms with Crippen molar-refractivity contribution >= 4 is 28.6 Å². The number of carboxylic acids is 1. The minimum absolute atomic E-state index is 0. The summed E-state index contributed by atoms with van der Waals surface area (Å²) in [5.74, 6) is -1.49. The first-order chi connectivity index (χ1) is 11.8. The normalized spacial score (nSPS) is 11.0. The Labute approximate surface area is 168 Å². The topological polar surface area (TPSA) is 57.9 Å². The van der Waals surface area contributed by atoms with E-state index in [4.69, 9.17) is 11.6 Å². The molecule has 3 aromatic rings. The van der Waals surface area contributed by atoms with Crippen LogP contribution in [-0.2, 0) is 6.54 Å². The van der Waals surface area contributed by atoms with Crippen molar-refractivity contribution in [3.05, 3.63) is 52.6 Å². The van der Waals surface area contributed by atoms with E-state index in [1.165, 1.54) is 18.2 Å². The number of hydrogen-bond donors (Lipinski definition) is 0. The second kappa shape index (κ2) is 7.83. The van der Waals surface area contributed by atoms with Crippen molar-refractivity contribution < 1.29 is 33.2 Å². The maximum Gasteiger partial charge on any atom is 1.00 e. The molecule has 3 rings (SSSR count). The number of pyridine rings is 1. The third kappa shape index (κ3) is 3.66. The first-order valence-electron chi connectivity index (χ1n) is 7.96. The molecule has 4 nitrogen and oxygen atoms in total. The summed E-state index contributed by atoms with van der Waals surface area (Å²) in [4.78, 5) is 15.4. The summed E-state index contributed by atoms with van der Waals surface area (Å²) in [5.41, 5.74) is 2.83. The predicted molar refractivity (Wildman–Crippen MR) is 94.0 cm³/mol. The first-order valence-corrected chi connectivity index (χ1v) is 8.34. The zero-order chi connectivity index (χ0) is 18.3. The van der Waals surface area contributed by atoms with Gasteiger partial charge in [0.25, 0.3) is 0 Å². The van der Waals surface area contributed by atoms with E-state index in [-0.39, 0.29) is 29.6 Å². The molecule has 2 aromatic heterocycles. The minimum atomic E-state index is -1.32. The molecule has 130 valence electrons. The number of aromatic carboxylic acids is 1. The second-order valence-corrected chi connectivity index (χ2v) is 6.86. The molecule has 0 aliphatic carbocycles. The maximum atomic E-state index is 13.9. The number of halogens is 2. The van der Waals surface area contributed by atoms with Gasteiger partial charge in [0.2, 0.25) is 0 Å². The van der Waals surface area contributed by atoms with E-state index in [0.717, 1.165) is 16.6 Å². The van der Waals surface area contributed by atoms with E-state index < -0.39 is 11.8 Å². The summed E-state index contributed by atoms with van der Waals surface area (Å²) in [5, 5.41) is 12.0. The molecule has 0 aliphatic heterocycles. The largest absolute Gasteiger partial charge is 1.00 e. The van der Waals surface area contributed by atoms with E-state index in [9.17, 15) is 14.3 Å². The Morgan fingerprint density at radius 1 is 1.31 bits per heavy atom. The molecule has 0 N–H and O–H groups in total. The van der Waals surface area contributed by atoms with Crippen LogP contribution in [-0.4, -0.2) is 15.5 Å². The molecule has 0 fully saturated rings. The smallest absolute Gasteiger partial charge is 0.543 e. The van der Waals surface area contributed by atoms with Gasteiger partial charge in [-0.1, -0.05) is 31.5 Å². The van der Waals surface area contributed by atoms with Crippen LogP contribution in [0.5, 0.6) is 0 Å². The van der Waals surface area contributed by atoms with Crippen molar-refractivity contribution in [2.45, 2.75) is 27.3 Å². The van der Waals surface area contributed by atoms with Crippen LogP contribution in [0.2, 0.25) is 5.02 Å². The molecule has 1 aromatic carbocycles. The van der Waals surface area contributed by atoms with Gasteiger partial charge < -0.3 is 14.5 Å². The summed E-state index contributed by atoms with van der Waals surface area (Å²) >= 11 is 5.79. The van der Waals surface area contributed by atoms with Gasteiger partial charge in [-0.25, -0.2) is 9.37 Å². The minimum Gasteiger partial charge on any atom is -0.543 e. The van der Waals surface area contributed by atoms with Gasteiger partial charge in [0, 0.05) is 23.2 Å². The molecule has 0 radical (unpaired) electrons. The van der Waals surface area contributed by atoms with Gasteiger partial charge in [0.1, 0.15) is 11.5 Å². The van der Waals surface area contributed by atoms with Crippen LogP contribution in [0.1, 0.15) is 30.0 Å². The van der Waals surface area contributed by atoms with Crippen LogP contribution in [0.4, 0.5) is 4.39 Å². The third-order valence-electron chi connectivity index (χ3n) is 4.13. The van der Waals surface area contributed by atoms with Gasteiger partial charge in [-0.15, -0.1) is 0 Å². The average molecular weight is 367 g/mol. The summed E-state index contributed by atoms with van der Waals surface area (Å²) in [6.45, 7) is 6.72. The number of nitrogens with zero attached hydrogens (tertiary/aromatic N) is 2. The van der Waals surface area contributed by atoms with E-state index >= 15 is 0 Å². The van der Waals surface area contributed by atoms with Gasteiger partial charge in [-0.05, 0) is 42.7 Å². The van der Waals surface area contributed by atoms with Crippen LogP contribution in [0.15, 0.2) is 30.3 Å². The van der Waals surface area contributed by atoms with Crippen molar-refractivity contribution in [3.8, 4) is 11.1 Å². The van der Waals surface area contributed by atoms with E-state index in [1.54, 1.807) is 12.1 Å². The fourth-order valence-electron chi connectivity index (χ4n) is 3.06. The number of benzene rings is 1. The Balaban J connectivity index is 0.00000243. The average Bonchev–Trinajstić information content (AvgIpc) is 2.81. The quantitative estimate of drug-likeness (QED) is 0.643. The number of fused-ring (bicyclic) bond motifs is 1. The molecule has 0 spiro atoms. The molecule has 0 bridgehead atoms. The van der Waals surface area contributed by atoms with Crippen LogP contribution in [0.25, 0.3) is 22.2 Å². The van der Waals surface area contributed by atoms with E-state index in [2.05, 4.69) is 18.8 Å². The zero-order valence-corrected chi connectivity index (χ0v) is 15.9. The van der Waals surface area contributed by atoms with Crippen molar-refractivity contribution in [2.24, 2.45) is 5.92 Å². The number of hydrogen-bond acceptors (Lipinski definition) is 3. The maximum absolute atomic E-state index is 13.9. The predicted octanol–water partition coefficient (Wildman–Crippen LogP) is 0.828. The molecule has 2 heterocycles. The van der Waals surface area contributed by atoms with Crippen molar-refractivity contribution in [3.63, 3.8) is 0 Å². The van der Waals surface area contributed by atoms with Crippen LogP contribution in [0.3, 0.4) is 0 Å². The molecule has 0 saturated carbocycles. The fourth-order valence-corrected chi connectivity index (χ4v) is 3.17. The standard InChI is InChI=1S/C19H18ClFN2O2.Li/c1-10(2)9-23-11(3)17(12-4-6-14(20)15(21)8-12)13-5-7-16(19(24)25)22-18(13)23;/h4-8,10H,9H2,1-3H3,(H,24,25);/q;+1/p-1. The molecule has 7 heteroatoms. The van der Waals surface area contributed by atoms with Crippen LogP contribution < -0.4 is 24.0 Å². The number of carboxylic acid groups (broad SMARTS) is 1. The Hall–Kier alpha value is -1.80. The first kappa shape index (κ1) is 20.5.